The molecule has 2 aromatic carbocycles. The summed E-state index contributed by atoms with van der Waals surface area (Å²) < 4.78 is 97.2. The third kappa shape index (κ3) is 3.88. The van der Waals surface area contributed by atoms with Crippen LogP contribution in [0.3, 0.4) is 0 Å². The van der Waals surface area contributed by atoms with Gasteiger partial charge in [0.1, 0.15) is 23.1 Å². The van der Waals surface area contributed by atoms with Gasteiger partial charge in [-0.05, 0) is 67.3 Å². The Morgan fingerprint density at radius 3 is 2.32 bits per heavy atom. The van der Waals surface area contributed by atoms with Crippen LogP contribution in [0, 0.1) is 29.2 Å². The molecule has 0 radical (unpaired) electrons. The zero-order valence-electron chi connectivity index (χ0n) is 17.6. The number of aromatic amines is 1. The number of hydrogen-bond acceptors (Lipinski definition) is 2. The molecule has 0 bridgehead atoms. The average Bonchev–Trinajstić information content (AvgIpc) is 3.20. The standard InChI is InChI=1S/C24H18F7N3/c25-13-5-6-17-15(9-13)14(7-8-32-17)11-1-3-12(4-2-11)19(24(29,30)31)23-33-18-10-16(26)20(27)21(28)22(18)34-23/h5-12,19H,1-4H2,(H,33,34). The van der Waals surface area contributed by atoms with Crippen molar-refractivity contribution in [3.8, 4) is 0 Å². The highest BCUT2D eigenvalue weighted by Gasteiger charge is 2.48. The molecular formula is C24H18F7N3. The monoisotopic (exact) mass is 481 g/mol. The molecule has 1 N–H and O–H groups in total. The highest BCUT2D eigenvalue weighted by Crippen LogP contribution is 2.48. The molecular weight excluding hydrogens is 463 g/mol. The molecule has 0 saturated heterocycles. The van der Waals surface area contributed by atoms with Crippen LogP contribution in [-0.2, 0) is 0 Å². The summed E-state index contributed by atoms with van der Waals surface area (Å²) in [6.07, 6.45) is -1.88. The van der Waals surface area contributed by atoms with Crippen LogP contribution in [-0.4, -0.2) is 21.1 Å². The molecule has 5 rings (SSSR count). The molecule has 10 heteroatoms. The SMILES string of the molecule is Fc1ccc2nccc(C3CCC(C(c4nc5cc(F)c(F)c(F)c5[nH]4)C(F)(F)F)CC3)c2c1. The second kappa shape index (κ2) is 8.25. The molecule has 1 fully saturated rings. The minimum absolute atomic E-state index is 0.0752. The van der Waals surface area contributed by atoms with Crippen LogP contribution in [0.1, 0.15) is 48.9 Å². The molecule has 1 saturated carbocycles. The van der Waals surface area contributed by atoms with Gasteiger partial charge in [0.25, 0.3) is 0 Å². The molecule has 1 atom stereocenters. The van der Waals surface area contributed by atoms with E-state index < -0.39 is 58.1 Å². The number of H-pyrrole nitrogens is 1. The Hall–Kier alpha value is -3.17. The van der Waals surface area contributed by atoms with Crippen LogP contribution in [0.15, 0.2) is 36.5 Å². The van der Waals surface area contributed by atoms with Crippen LogP contribution in [0.5, 0.6) is 0 Å². The van der Waals surface area contributed by atoms with Crippen molar-refractivity contribution in [2.24, 2.45) is 5.92 Å². The Kier molecular flexibility index (Phi) is 5.49. The Balaban J connectivity index is 1.44. The van der Waals surface area contributed by atoms with Crippen LogP contribution in [0.25, 0.3) is 21.9 Å². The Morgan fingerprint density at radius 2 is 1.62 bits per heavy atom. The number of rotatable bonds is 3. The number of pyridine rings is 1. The summed E-state index contributed by atoms with van der Waals surface area (Å²) in [6, 6.07) is 6.58. The second-order valence-electron chi connectivity index (χ2n) is 8.70. The molecule has 0 amide bonds. The number of aromatic nitrogens is 3. The van der Waals surface area contributed by atoms with Gasteiger partial charge in [0.15, 0.2) is 17.5 Å². The number of imidazole rings is 1. The molecule has 3 nitrogen and oxygen atoms in total. The third-order valence-corrected chi connectivity index (χ3v) is 6.70. The van der Waals surface area contributed by atoms with Gasteiger partial charge in [-0.15, -0.1) is 0 Å². The number of halogens is 7. The highest BCUT2D eigenvalue weighted by atomic mass is 19.4. The fourth-order valence-corrected chi connectivity index (χ4v) is 5.13. The number of nitrogens with zero attached hydrogens (tertiary/aromatic N) is 2. The van der Waals surface area contributed by atoms with Crippen LogP contribution in [0.2, 0.25) is 0 Å². The van der Waals surface area contributed by atoms with Gasteiger partial charge in [0.2, 0.25) is 0 Å². The maximum Gasteiger partial charge on any atom is 0.399 e. The van der Waals surface area contributed by atoms with E-state index in [0.717, 1.165) is 5.56 Å². The number of nitrogens with one attached hydrogen (secondary N) is 1. The average molecular weight is 481 g/mol. The van der Waals surface area contributed by atoms with Gasteiger partial charge in [-0.25, -0.2) is 22.5 Å². The van der Waals surface area contributed by atoms with E-state index in [1.807, 2.05) is 0 Å². The topological polar surface area (TPSA) is 41.6 Å². The van der Waals surface area contributed by atoms with E-state index in [1.54, 1.807) is 18.3 Å². The molecule has 1 aliphatic rings. The van der Waals surface area contributed by atoms with Crippen LogP contribution >= 0.6 is 0 Å². The van der Waals surface area contributed by atoms with Crippen molar-refractivity contribution in [1.82, 2.24) is 15.0 Å². The van der Waals surface area contributed by atoms with Crippen LogP contribution < -0.4 is 0 Å². The summed E-state index contributed by atoms with van der Waals surface area (Å²) >= 11 is 0. The lowest BCUT2D eigenvalue weighted by Crippen LogP contribution is -2.31. The summed E-state index contributed by atoms with van der Waals surface area (Å²) in [4.78, 5) is 10.2. The predicted molar refractivity (Wildman–Crippen MR) is 111 cm³/mol. The van der Waals surface area contributed by atoms with Crippen molar-refractivity contribution in [3.63, 3.8) is 0 Å². The maximum atomic E-state index is 14.1. The van der Waals surface area contributed by atoms with Gasteiger partial charge >= 0.3 is 6.18 Å². The molecule has 1 aliphatic carbocycles. The van der Waals surface area contributed by atoms with Crippen molar-refractivity contribution in [2.75, 3.05) is 0 Å². The Bertz CT molecular complexity index is 1370. The molecule has 0 aliphatic heterocycles. The first-order valence-electron chi connectivity index (χ1n) is 10.8. The minimum atomic E-state index is -4.70. The van der Waals surface area contributed by atoms with E-state index in [1.165, 1.54) is 12.1 Å². The van der Waals surface area contributed by atoms with Gasteiger partial charge in [-0.1, -0.05) is 0 Å². The Morgan fingerprint density at radius 1 is 0.882 bits per heavy atom. The molecule has 2 heterocycles. The van der Waals surface area contributed by atoms with Crippen molar-refractivity contribution in [1.29, 1.82) is 0 Å². The largest absolute Gasteiger partial charge is 0.399 e. The molecule has 2 aromatic heterocycles. The van der Waals surface area contributed by atoms with Crippen molar-refractivity contribution in [2.45, 2.75) is 43.7 Å². The summed E-state index contributed by atoms with van der Waals surface area (Å²) in [5.41, 5.74) is 0.447. The van der Waals surface area contributed by atoms with E-state index in [4.69, 9.17) is 0 Å². The van der Waals surface area contributed by atoms with Crippen molar-refractivity contribution in [3.05, 3.63) is 71.2 Å². The van der Waals surface area contributed by atoms with E-state index in [9.17, 15) is 30.7 Å². The first-order valence-corrected chi connectivity index (χ1v) is 10.8. The molecule has 1 unspecified atom stereocenters. The first kappa shape index (κ1) is 22.6. The van der Waals surface area contributed by atoms with Gasteiger partial charge in [-0.2, -0.15) is 13.2 Å². The fourth-order valence-electron chi connectivity index (χ4n) is 5.13. The van der Waals surface area contributed by atoms with Crippen LogP contribution in [0.4, 0.5) is 30.7 Å². The lowest BCUT2D eigenvalue weighted by atomic mass is 9.73. The molecule has 4 aromatic rings. The van der Waals surface area contributed by atoms with Crippen molar-refractivity contribution < 1.29 is 30.7 Å². The lowest BCUT2D eigenvalue weighted by Gasteiger charge is -2.34. The maximum absolute atomic E-state index is 14.1. The van der Waals surface area contributed by atoms with Gasteiger partial charge < -0.3 is 4.98 Å². The minimum Gasteiger partial charge on any atom is -0.339 e. The van der Waals surface area contributed by atoms with Gasteiger partial charge in [0, 0.05) is 17.6 Å². The summed E-state index contributed by atoms with van der Waals surface area (Å²) in [6.45, 7) is 0. The van der Waals surface area contributed by atoms with E-state index in [-0.39, 0.29) is 18.8 Å². The number of alkyl halides is 3. The van der Waals surface area contributed by atoms with Crippen molar-refractivity contribution >= 4 is 21.9 Å². The second-order valence-corrected chi connectivity index (χ2v) is 8.70. The number of fused-ring (bicyclic) bond motifs is 2. The predicted octanol–water partition coefficient (Wildman–Crippen LogP) is 7.29. The zero-order chi connectivity index (χ0) is 24.2. The van der Waals surface area contributed by atoms with Gasteiger partial charge in [-0.3, -0.25) is 4.98 Å². The lowest BCUT2D eigenvalue weighted by molar-refractivity contribution is -0.166. The van der Waals surface area contributed by atoms with Gasteiger partial charge in [0.05, 0.1) is 11.0 Å². The highest BCUT2D eigenvalue weighted by molar-refractivity contribution is 5.82. The molecule has 0 spiro atoms. The number of hydrogen-bond donors (Lipinski definition) is 1. The molecule has 34 heavy (non-hydrogen) atoms. The third-order valence-electron chi connectivity index (χ3n) is 6.70. The van der Waals surface area contributed by atoms with E-state index in [0.29, 0.717) is 29.8 Å². The quantitative estimate of drug-likeness (QED) is 0.247. The number of benzene rings is 2. The zero-order valence-corrected chi connectivity index (χ0v) is 17.6. The Labute approximate surface area is 189 Å². The summed E-state index contributed by atoms with van der Waals surface area (Å²) in [7, 11) is 0. The fraction of sp³-hybridized carbons (Fsp3) is 0.333. The first-order chi connectivity index (χ1) is 16.1. The van der Waals surface area contributed by atoms with E-state index in [2.05, 4.69) is 15.0 Å². The molecule has 178 valence electrons. The summed E-state index contributed by atoms with van der Waals surface area (Å²) in [5.74, 6) is -8.86. The normalized spacial score (nSPS) is 20.2. The summed E-state index contributed by atoms with van der Waals surface area (Å²) in [5, 5.41) is 0.634. The smallest absolute Gasteiger partial charge is 0.339 e. The van der Waals surface area contributed by atoms with E-state index >= 15 is 0 Å².